The second kappa shape index (κ2) is 6.43. The summed E-state index contributed by atoms with van der Waals surface area (Å²) in [5.41, 5.74) is 3.30. The van der Waals surface area contributed by atoms with E-state index in [1.54, 1.807) is 4.68 Å². The summed E-state index contributed by atoms with van der Waals surface area (Å²) < 4.78 is 1.69. The minimum atomic E-state index is -0.222. The molecule has 0 saturated heterocycles. The zero-order valence-electron chi connectivity index (χ0n) is 13.0. The molecule has 1 aromatic carbocycles. The number of amides is 1. The molecule has 0 radical (unpaired) electrons. The molecule has 0 aliphatic carbocycles. The molecule has 0 aliphatic heterocycles. The van der Waals surface area contributed by atoms with Gasteiger partial charge >= 0.3 is 0 Å². The monoisotopic (exact) mass is 310 g/mol. The Kier molecular flexibility index (Phi) is 4.18. The van der Waals surface area contributed by atoms with E-state index in [9.17, 15) is 4.79 Å². The number of aryl methyl sites for hydroxylation is 1. The number of carbonyl (C=O) groups is 1. The third-order valence-corrected chi connectivity index (χ3v) is 3.45. The molecule has 118 valence electrons. The van der Waals surface area contributed by atoms with E-state index in [2.05, 4.69) is 25.8 Å². The van der Waals surface area contributed by atoms with Gasteiger partial charge in [0.25, 0.3) is 0 Å². The highest BCUT2D eigenvalue weighted by atomic mass is 16.1. The molecular weight excluding hydrogens is 292 g/mol. The topological polar surface area (TPSA) is 88.5 Å². The molecule has 1 atom stereocenters. The van der Waals surface area contributed by atoms with Gasteiger partial charge in [0, 0.05) is 5.69 Å². The third-order valence-electron chi connectivity index (χ3n) is 3.45. The standard InChI is InChI=1S/C16H18N6O/c1-11-8-13(19-18-11)9-16(23)17-12(2)15-10-22(21-20-15)14-6-4-3-5-7-14/h3-8,10,12H,9H2,1-2H3,(H,17,23)(H,18,19)/t12-/m0/s1. The number of H-pyrrole nitrogens is 1. The molecule has 23 heavy (non-hydrogen) atoms. The van der Waals surface area contributed by atoms with Crippen molar-refractivity contribution in [2.45, 2.75) is 26.3 Å². The molecule has 0 unspecified atom stereocenters. The van der Waals surface area contributed by atoms with Gasteiger partial charge < -0.3 is 5.32 Å². The van der Waals surface area contributed by atoms with Gasteiger partial charge in [-0.3, -0.25) is 9.89 Å². The average molecular weight is 310 g/mol. The van der Waals surface area contributed by atoms with Crippen LogP contribution in [0.4, 0.5) is 0 Å². The van der Waals surface area contributed by atoms with E-state index in [4.69, 9.17) is 0 Å². The van der Waals surface area contributed by atoms with Crippen LogP contribution in [0.1, 0.15) is 30.0 Å². The van der Waals surface area contributed by atoms with Crippen LogP contribution in [0.25, 0.3) is 5.69 Å². The average Bonchev–Trinajstić information content (AvgIpc) is 3.17. The summed E-state index contributed by atoms with van der Waals surface area (Å²) >= 11 is 0. The molecule has 3 rings (SSSR count). The summed E-state index contributed by atoms with van der Waals surface area (Å²) in [4.78, 5) is 12.1. The molecule has 0 fully saturated rings. The number of nitrogens with zero attached hydrogens (tertiary/aromatic N) is 4. The Balaban J connectivity index is 1.63. The number of rotatable bonds is 5. The van der Waals surface area contributed by atoms with Gasteiger partial charge in [0.05, 0.1) is 30.0 Å². The zero-order valence-corrected chi connectivity index (χ0v) is 13.0. The minimum Gasteiger partial charge on any atom is -0.348 e. The van der Waals surface area contributed by atoms with Gasteiger partial charge in [-0.2, -0.15) is 5.10 Å². The van der Waals surface area contributed by atoms with Crippen molar-refractivity contribution >= 4 is 5.91 Å². The number of nitrogens with one attached hydrogen (secondary N) is 2. The van der Waals surface area contributed by atoms with Crippen LogP contribution < -0.4 is 5.32 Å². The Morgan fingerprint density at radius 1 is 1.35 bits per heavy atom. The molecule has 2 aromatic heterocycles. The maximum atomic E-state index is 12.1. The van der Waals surface area contributed by atoms with Crippen LogP contribution in [-0.2, 0) is 11.2 Å². The minimum absolute atomic E-state index is 0.0988. The lowest BCUT2D eigenvalue weighted by molar-refractivity contribution is -0.121. The van der Waals surface area contributed by atoms with E-state index in [0.29, 0.717) is 5.69 Å². The van der Waals surface area contributed by atoms with Crippen molar-refractivity contribution in [3.63, 3.8) is 0 Å². The van der Waals surface area contributed by atoms with Crippen LogP contribution in [0, 0.1) is 6.92 Å². The molecule has 2 heterocycles. The first-order chi connectivity index (χ1) is 11.1. The fraction of sp³-hybridized carbons (Fsp3) is 0.250. The Labute approximate surface area is 133 Å². The first-order valence-electron chi connectivity index (χ1n) is 7.40. The largest absolute Gasteiger partial charge is 0.348 e. The highest BCUT2D eigenvalue weighted by Gasteiger charge is 2.14. The lowest BCUT2D eigenvalue weighted by atomic mass is 10.2. The number of benzene rings is 1. The number of para-hydroxylation sites is 1. The van der Waals surface area contributed by atoms with Crippen molar-refractivity contribution in [3.8, 4) is 5.69 Å². The van der Waals surface area contributed by atoms with Crippen molar-refractivity contribution in [1.29, 1.82) is 0 Å². The van der Waals surface area contributed by atoms with Gasteiger partial charge in [-0.15, -0.1) is 5.10 Å². The molecule has 0 saturated carbocycles. The Morgan fingerprint density at radius 2 is 2.13 bits per heavy atom. The lowest BCUT2D eigenvalue weighted by Gasteiger charge is -2.10. The van der Waals surface area contributed by atoms with Gasteiger partial charge in [-0.05, 0) is 32.0 Å². The van der Waals surface area contributed by atoms with Crippen LogP contribution in [0.2, 0.25) is 0 Å². The van der Waals surface area contributed by atoms with Crippen LogP contribution in [0.5, 0.6) is 0 Å². The van der Waals surface area contributed by atoms with Gasteiger partial charge in [0.15, 0.2) is 0 Å². The highest BCUT2D eigenvalue weighted by Crippen LogP contribution is 2.12. The summed E-state index contributed by atoms with van der Waals surface area (Å²) in [5.74, 6) is -0.0988. The maximum absolute atomic E-state index is 12.1. The fourth-order valence-corrected chi connectivity index (χ4v) is 2.28. The maximum Gasteiger partial charge on any atom is 0.226 e. The zero-order chi connectivity index (χ0) is 16.2. The molecule has 0 aliphatic rings. The van der Waals surface area contributed by atoms with E-state index in [1.165, 1.54) is 0 Å². The number of hydrogen-bond acceptors (Lipinski definition) is 4. The van der Waals surface area contributed by atoms with Crippen molar-refractivity contribution < 1.29 is 4.79 Å². The first-order valence-corrected chi connectivity index (χ1v) is 7.40. The van der Waals surface area contributed by atoms with E-state index >= 15 is 0 Å². The summed E-state index contributed by atoms with van der Waals surface area (Å²) in [6.07, 6.45) is 2.06. The molecule has 7 nitrogen and oxygen atoms in total. The molecule has 3 aromatic rings. The van der Waals surface area contributed by atoms with Crippen molar-refractivity contribution in [3.05, 3.63) is 59.7 Å². The second-order valence-corrected chi connectivity index (χ2v) is 5.43. The summed E-state index contributed by atoms with van der Waals surface area (Å²) in [6, 6.07) is 11.3. The quantitative estimate of drug-likeness (QED) is 0.751. The Bertz CT molecular complexity index is 792. The lowest BCUT2D eigenvalue weighted by Crippen LogP contribution is -2.28. The third kappa shape index (κ3) is 3.63. The second-order valence-electron chi connectivity index (χ2n) is 5.43. The molecule has 0 spiro atoms. The smallest absolute Gasteiger partial charge is 0.226 e. The predicted molar refractivity (Wildman–Crippen MR) is 84.9 cm³/mol. The molecule has 7 heteroatoms. The Morgan fingerprint density at radius 3 is 2.83 bits per heavy atom. The van der Waals surface area contributed by atoms with Crippen molar-refractivity contribution in [2.24, 2.45) is 0 Å². The van der Waals surface area contributed by atoms with E-state index < -0.39 is 0 Å². The number of hydrogen-bond donors (Lipinski definition) is 2. The normalized spacial score (nSPS) is 12.1. The molecular formula is C16H18N6O. The number of aromatic nitrogens is 5. The van der Waals surface area contributed by atoms with E-state index in [-0.39, 0.29) is 18.4 Å². The van der Waals surface area contributed by atoms with E-state index in [1.807, 2.05) is 56.4 Å². The number of carbonyl (C=O) groups excluding carboxylic acids is 1. The van der Waals surface area contributed by atoms with Crippen LogP contribution in [0.3, 0.4) is 0 Å². The van der Waals surface area contributed by atoms with Gasteiger partial charge in [0.1, 0.15) is 5.69 Å². The number of aromatic amines is 1. The van der Waals surface area contributed by atoms with Crippen molar-refractivity contribution in [1.82, 2.24) is 30.5 Å². The predicted octanol–water partition coefficient (Wildman–Crippen LogP) is 1.72. The fourth-order valence-electron chi connectivity index (χ4n) is 2.28. The van der Waals surface area contributed by atoms with Crippen LogP contribution in [-0.4, -0.2) is 31.1 Å². The SMILES string of the molecule is Cc1cc(CC(=O)N[C@@H](C)c2cn(-c3ccccc3)nn2)n[nH]1. The molecule has 2 N–H and O–H groups in total. The summed E-state index contributed by atoms with van der Waals surface area (Å²) in [6.45, 7) is 3.78. The molecule has 0 bridgehead atoms. The first kappa shape index (κ1) is 15.0. The van der Waals surface area contributed by atoms with Crippen LogP contribution in [0.15, 0.2) is 42.6 Å². The summed E-state index contributed by atoms with van der Waals surface area (Å²) in [5, 5.41) is 18.0. The van der Waals surface area contributed by atoms with Gasteiger partial charge in [-0.25, -0.2) is 4.68 Å². The highest BCUT2D eigenvalue weighted by molar-refractivity contribution is 5.78. The van der Waals surface area contributed by atoms with Gasteiger partial charge in [0.2, 0.25) is 5.91 Å². The Hall–Kier alpha value is -2.96. The van der Waals surface area contributed by atoms with Crippen LogP contribution >= 0.6 is 0 Å². The van der Waals surface area contributed by atoms with Gasteiger partial charge in [-0.1, -0.05) is 23.4 Å². The summed E-state index contributed by atoms with van der Waals surface area (Å²) in [7, 11) is 0. The van der Waals surface area contributed by atoms with E-state index in [0.717, 1.165) is 17.1 Å². The van der Waals surface area contributed by atoms with Crippen molar-refractivity contribution in [2.75, 3.05) is 0 Å². The molecule has 1 amide bonds.